The summed E-state index contributed by atoms with van der Waals surface area (Å²) in [4.78, 5) is 0. The fourth-order valence-corrected chi connectivity index (χ4v) is 2.53. The average molecular weight is 270 g/mol. The van der Waals surface area contributed by atoms with Crippen LogP contribution in [0.2, 0.25) is 10.0 Å². The van der Waals surface area contributed by atoms with Gasteiger partial charge in [0.1, 0.15) is 0 Å². The molecule has 1 unspecified atom stereocenters. The lowest BCUT2D eigenvalue weighted by atomic mass is 9.94. The van der Waals surface area contributed by atoms with E-state index < -0.39 is 0 Å². The van der Waals surface area contributed by atoms with Crippen LogP contribution < -0.4 is 5.32 Å². The standard InChI is InChI=1S/C14H17Cl2N/c1-10-7-13(16)14(8-12(10)15)17-9-11-5-3-2-4-6-11/h2-3,7-8,11,17H,4-6,9H2,1H3. The van der Waals surface area contributed by atoms with Crippen molar-refractivity contribution >= 4 is 28.9 Å². The third-order valence-corrected chi connectivity index (χ3v) is 3.93. The number of nitrogens with one attached hydrogen (secondary N) is 1. The molecular weight excluding hydrogens is 253 g/mol. The summed E-state index contributed by atoms with van der Waals surface area (Å²) in [5.74, 6) is 0.705. The molecule has 0 fully saturated rings. The van der Waals surface area contributed by atoms with E-state index in [1.807, 2.05) is 19.1 Å². The second kappa shape index (κ2) is 5.79. The molecule has 0 aliphatic heterocycles. The summed E-state index contributed by atoms with van der Waals surface area (Å²) in [5, 5.41) is 4.91. The minimum Gasteiger partial charge on any atom is -0.384 e. The van der Waals surface area contributed by atoms with Crippen molar-refractivity contribution in [2.75, 3.05) is 11.9 Å². The van der Waals surface area contributed by atoms with Gasteiger partial charge in [0.15, 0.2) is 0 Å². The first kappa shape index (κ1) is 12.8. The Hall–Kier alpha value is -0.660. The molecule has 1 atom stereocenters. The fraction of sp³-hybridized carbons (Fsp3) is 0.429. The summed E-state index contributed by atoms with van der Waals surface area (Å²) in [6, 6.07) is 3.82. The zero-order chi connectivity index (χ0) is 12.3. The van der Waals surface area contributed by atoms with E-state index in [0.29, 0.717) is 5.92 Å². The highest BCUT2D eigenvalue weighted by Crippen LogP contribution is 2.29. The van der Waals surface area contributed by atoms with Crippen LogP contribution in [0.3, 0.4) is 0 Å². The van der Waals surface area contributed by atoms with Gasteiger partial charge in [0.2, 0.25) is 0 Å². The molecule has 3 heteroatoms. The first-order chi connectivity index (χ1) is 8.16. The molecule has 1 N–H and O–H groups in total. The molecule has 0 radical (unpaired) electrons. The maximum absolute atomic E-state index is 6.18. The molecule has 0 saturated heterocycles. The summed E-state index contributed by atoms with van der Waals surface area (Å²) in [7, 11) is 0. The smallest absolute Gasteiger partial charge is 0.0641 e. The maximum atomic E-state index is 6.18. The molecule has 1 aromatic carbocycles. The number of hydrogen-bond acceptors (Lipinski definition) is 1. The second-order valence-electron chi connectivity index (χ2n) is 4.61. The number of benzene rings is 1. The van der Waals surface area contributed by atoms with Gasteiger partial charge in [-0.3, -0.25) is 0 Å². The van der Waals surface area contributed by atoms with E-state index in [1.54, 1.807) is 0 Å². The van der Waals surface area contributed by atoms with E-state index in [2.05, 4.69) is 17.5 Å². The highest BCUT2D eigenvalue weighted by molar-refractivity contribution is 6.35. The fourth-order valence-electron chi connectivity index (χ4n) is 2.08. The van der Waals surface area contributed by atoms with Gasteiger partial charge in [0, 0.05) is 11.6 Å². The molecule has 1 aliphatic rings. The van der Waals surface area contributed by atoms with Gasteiger partial charge in [-0.15, -0.1) is 0 Å². The zero-order valence-electron chi connectivity index (χ0n) is 9.97. The molecule has 17 heavy (non-hydrogen) atoms. The van der Waals surface area contributed by atoms with Crippen molar-refractivity contribution in [2.24, 2.45) is 5.92 Å². The van der Waals surface area contributed by atoms with E-state index in [0.717, 1.165) is 34.3 Å². The second-order valence-corrected chi connectivity index (χ2v) is 5.43. The number of anilines is 1. The molecule has 0 spiro atoms. The quantitative estimate of drug-likeness (QED) is 0.756. The summed E-state index contributed by atoms with van der Waals surface area (Å²) < 4.78 is 0. The lowest BCUT2D eigenvalue weighted by Gasteiger charge is -2.19. The van der Waals surface area contributed by atoms with Crippen LogP contribution in [0.4, 0.5) is 5.69 Å². The highest BCUT2D eigenvalue weighted by Gasteiger charge is 2.11. The monoisotopic (exact) mass is 269 g/mol. The van der Waals surface area contributed by atoms with Gasteiger partial charge in [0.25, 0.3) is 0 Å². The van der Waals surface area contributed by atoms with E-state index in [1.165, 1.54) is 12.8 Å². The summed E-state index contributed by atoms with van der Waals surface area (Å²) in [6.07, 6.45) is 8.12. The number of allylic oxidation sites excluding steroid dienone is 2. The van der Waals surface area contributed by atoms with E-state index >= 15 is 0 Å². The Balaban J connectivity index is 1.98. The molecule has 2 rings (SSSR count). The Labute approximate surface area is 113 Å². The maximum Gasteiger partial charge on any atom is 0.0641 e. The highest BCUT2D eigenvalue weighted by atomic mass is 35.5. The average Bonchev–Trinajstić information content (AvgIpc) is 2.33. The molecular formula is C14H17Cl2N. The van der Waals surface area contributed by atoms with Crippen LogP contribution in [-0.2, 0) is 0 Å². The van der Waals surface area contributed by atoms with Crippen LogP contribution in [0.1, 0.15) is 24.8 Å². The molecule has 0 amide bonds. The summed E-state index contributed by atoms with van der Waals surface area (Å²) in [5.41, 5.74) is 1.96. The Morgan fingerprint density at radius 1 is 1.24 bits per heavy atom. The van der Waals surface area contributed by atoms with Gasteiger partial charge in [-0.05, 0) is 49.8 Å². The predicted molar refractivity (Wildman–Crippen MR) is 76.2 cm³/mol. The van der Waals surface area contributed by atoms with E-state index in [-0.39, 0.29) is 0 Å². The molecule has 0 bridgehead atoms. The lowest BCUT2D eigenvalue weighted by molar-refractivity contribution is 0.504. The Kier molecular flexibility index (Phi) is 4.36. The van der Waals surface area contributed by atoms with Crippen molar-refractivity contribution in [2.45, 2.75) is 26.2 Å². The predicted octanol–water partition coefficient (Wildman–Crippen LogP) is 5.07. The van der Waals surface area contributed by atoms with E-state index in [4.69, 9.17) is 23.2 Å². The number of hydrogen-bond donors (Lipinski definition) is 1. The van der Waals surface area contributed by atoms with Crippen LogP contribution in [0.25, 0.3) is 0 Å². The van der Waals surface area contributed by atoms with Gasteiger partial charge in [0.05, 0.1) is 10.7 Å². The largest absolute Gasteiger partial charge is 0.384 e. The first-order valence-electron chi connectivity index (χ1n) is 6.01. The zero-order valence-corrected chi connectivity index (χ0v) is 11.5. The lowest BCUT2D eigenvalue weighted by Crippen LogP contribution is -2.15. The van der Waals surface area contributed by atoms with Gasteiger partial charge in [-0.1, -0.05) is 35.4 Å². The van der Waals surface area contributed by atoms with Gasteiger partial charge in [-0.2, -0.15) is 0 Å². The van der Waals surface area contributed by atoms with Crippen molar-refractivity contribution in [3.8, 4) is 0 Å². The molecule has 1 aromatic rings. The number of aryl methyl sites for hydroxylation is 1. The van der Waals surface area contributed by atoms with Crippen molar-refractivity contribution in [3.05, 3.63) is 39.9 Å². The van der Waals surface area contributed by atoms with Crippen LogP contribution >= 0.6 is 23.2 Å². The molecule has 0 aromatic heterocycles. The minimum atomic E-state index is 0.705. The normalized spacial score (nSPS) is 19.4. The molecule has 0 saturated carbocycles. The van der Waals surface area contributed by atoms with Crippen molar-refractivity contribution in [1.29, 1.82) is 0 Å². The minimum absolute atomic E-state index is 0.705. The number of rotatable bonds is 3. The van der Waals surface area contributed by atoms with Crippen molar-refractivity contribution in [1.82, 2.24) is 0 Å². The molecule has 92 valence electrons. The van der Waals surface area contributed by atoms with Crippen LogP contribution in [0.15, 0.2) is 24.3 Å². The Morgan fingerprint density at radius 3 is 2.76 bits per heavy atom. The van der Waals surface area contributed by atoms with Gasteiger partial charge >= 0.3 is 0 Å². The van der Waals surface area contributed by atoms with Crippen LogP contribution in [0, 0.1) is 12.8 Å². The van der Waals surface area contributed by atoms with Crippen molar-refractivity contribution in [3.63, 3.8) is 0 Å². The van der Waals surface area contributed by atoms with Gasteiger partial charge in [-0.25, -0.2) is 0 Å². The molecule has 1 aliphatic carbocycles. The summed E-state index contributed by atoms with van der Waals surface area (Å²) >= 11 is 12.3. The third kappa shape index (κ3) is 3.40. The van der Waals surface area contributed by atoms with Crippen LogP contribution in [0.5, 0.6) is 0 Å². The topological polar surface area (TPSA) is 12.0 Å². The van der Waals surface area contributed by atoms with Crippen molar-refractivity contribution < 1.29 is 0 Å². The Bertz CT molecular complexity index is 426. The molecule has 0 heterocycles. The van der Waals surface area contributed by atoms with E-state index in [9.17, 15) is 0 Å². The Morgan fingerprint density at radius 2 is 2.06 bits per heavy atom. The van der Waals surface area contributed by atoms with Crippen LogP contribution in [-0.4, -0.2) is 6.54 Å². The number of halogens is 2. The SMILES string of the molecule is Cc1cc(Cl)c(NCC2CC=CCC2)cc1Cl. The third-order valence-electron chi connectivity index (χ3n) is 3.21. The summed E-state index contributed by atoms with van der Waals surface area (Å²) in [6.45, 7) is 2.92. The first-order valence-corrected chi connectivity index (χ1v) is 6.77. The van der Waals surface area contributed by atoms with Gasteiger partial charge < -0.3 is 5.32 Å². The molecule has 1 nitrogen and oxygen atoms in total.